The van der Waals surface area contributed by atoms with Crippen LogP contribution in [-0.4, -0.2) is 17.7 Å². The van der Waals surface area contributed by atoms with Gasteiger partial charge < -0.3 is 10.6 Å². The van der Waals surface area contributed by atoms with Crippen molar-refractivity contribution in [2.24, 2.45) is 0 Å². The van der Waals surface area contributed by atoms with Gasteiger partial charge in [-0.1, -0.05) is 41.4 Å². The largest absolute Gasteiger partial charge is 0.350 e. The Morgan fingerprint density at radius 2 is 1.41 bits per heavy atom. The molecule has 3 aromatic rings. The van der Waals surface area contributed by atoms with Gasteiger partial charge in [0.15, 0.2) is 0 Å². The van der Waals surface area contributed by atoms with Crippen molar-refractivity contribution in [3.05, 3.63) is 94.6 Å². The third-order valence-electron chi connectivity index (χ3n) is 4.98. The van der Waals surface area contributed by atoms with Gasteiger partial charge in [-0.2, -0.15) is 0 Å². The molecule has 6 nitrogen and oxygen atoms in total. The van der Waals surface area contributed by atoms with Crippen molar-refractivity contribution >= 4 is 52.0 Å². The van der Waals surface area contributed by atoms with E-state index in [4.69, 9.17) is 11.6 Å². The molecule has 0 atom stereocenters. The van der Waals surface area contributed by atoms with Crippen LogP contribution in [0.4, 0.5) is 17.1 Å². The maximum absolute atomic E-state index is 13.4. The minimum absolute atomic E-state index is 0.176. The Hall–Kier alpha value is -3.90. The molecule has 1 aliphatic heterocycles. The van der Waals surface area contributed by atoms with Crippen molar-refractivity contribution in [2.45, 2.75) is 13.8 Å². The van der Waals surface area contributed by atoms with Gasteiger partial charge in [-0.05, 0) is 61.0 Å². The highest BCUT2D eigenvalue weighted by Crippen LogP contribution is 2.34. The SMILES string of the molecule is CC(=O)Nc1ccc(NC2=C(c3ccc(C)cc3)C(=O)N(c3ccc(Cl)cc3)C2=O)cc1. The van der Waals surface area contributed by atoms with E-state index in [0.29, 0.717) is 27.6 Å². The average molecular weight is 446 g/mol. The fraction of sp³-hybridized carbons (Fsp3) is 0.0800. The van der Waals surface area contributed by atoms with Crippen molar-refractivity contribution in [3.63, 3.8) is 0 Å². The van der Waals surface area contributed by atoms with E-state index in [1.165, 1.54) is 6.92 Å². The Labute approximate surface area is 190 Å². The lowest BCUT2D eigenvalue weighted by atomic mass is 10.0. The molecule has 1 heterocycles. The number of carbonyl (C=O) groups is 3. The summed E-state index contributed by atoms with van der Waals surface area (Å²) in [4.78, 5) is 39.1. The second-order valence-corrected chi connectivity index (χ2v) is 7.86. The molecule has 0 bridgehead atoms. The number of anilines is 3. The van der Waals surface area contributed by atoms with E-state index in [2.05, 4.69) is 10.6 Å². The zero-order chi connectivity index (χ0) is 22.8. The predicted molar refractivity (Wildman–Crippen MR) is 126 cm³/mol. The first kappa shape index (κ1) is 21.3. The lowest BCUT2D eigenvalue weighted by molar-refractivity contribution is -0.120. The highest BCUT2D eigenvalue weighted by Gasteiger charge is 2.40. The zero-order valence-electron chi connectivity index (χ0n) is 17.5. The molecule has 160 valence electrons. The van der Waals surface area contributed by atoms with E-state index in [1.807, 2.05) is 31.2 Å². The summed E-state index contributed by atoms with van der Waals surface area (Å²) >= 11 is 5.97. The van der Waals surface area contributed by atoms with Crippen LogP contribution in [0, 0.1) is 6.92 Å². The third-order valence-corrected chi connectivity index (χ3v) is 5.24. The molecule has 2 N–H and O–H groups in total. The second-order valence-electron chi connectivity index (χ2n) is 7.42. The minimum Gasteiger partial charge on any atom is -0.350 e. The molecule has 0 aromatic heterocycles. The Balaban J connectivity index is 1.74. The van der Waals surface area contributed by atoms with E-state index in [9.17, 15) is 14.4 Å². The molecule has 0 aliphatic carbocycles. The van der Waals surface area contributed by atoms with E-state index in [1.54, 1.807) is 48.5 Å². The molecule has 7 heteroatoms. The van der Waals surface area contributed by atoms with Gasteiger partial charge in [-0.15, -0.1) is 0 Å². The monoisotopic (exact) mass is 445 g/mol. The lowest BCUT2D eigenvalue weighted by Crippen LogP contribution is -2.32. The fourth-order valence-corrected chi connectivity index (χ4v) is 3.57. The number of rotatable bonds is 5. The van der Waals surface area contributed by atoms with Gasteiger partial charge in [0.2, 0.25) is 5.91 Å². The zero-order valence-corrected chi connectivity index (χ0v) is 18.2. The van der Waals surface area contributed by atoms with Gasteiger partial charge in [0.1, 0.15) is 5.70 Å². The topological polar surface area (TPSA) is 78.5 Å². The predicted octanol–water partition coefficient (Wildman–Crippen LogP) is 5.00. The second kappa shape index (κ2) is 8.69. The lowest BCUT2D eigenvalue weighted by Gasteiger charge is -2.15. The normalized spacial score (nSPS) is 13.5. The molecule has 32 heavy (non-hydrogen) atoms. The van der Waals surface area contributed by atoms with Crippen LogP contribution in [0.3, 0.4) is 0 Å². The van der Waals surface area contributed by atoms with Crippen molar-refractivity contribution in [1.29, 1.82) is 0 Å². The Kier molecular flexibility index (Phi) is 5.79. The van der Waals surface area contributed by atoms with Crippen LogP contribution in [0.1, 0.15) is 18.1 Å². The number of amides is 3. The standard InChI is InChI=1S/C25H20ClN3O3/c1-15-3-5-17(6-4-15)22-23(28-20-11-9-19(10-12-20)27-16(2)30)25(32)29(24(22)31)21-13-7-18(26)8-14-21/h3-14,28H,1-2H3,(H,27,30). The van der Waals surface area contributed by atoms with Crippen molar-refractivity contribution in [3.8, 4) is 0 Å². The third kappa shape index (κ3) is 4.26. The summed E-state index contributed by atoms with van der Waals surface area (Å²) in [5.74, 6) is -1.05. The van der Waals surface area contributed by atoms with Crippen molar-refractivity contribution in [1.82, 2.24) is 0 Å². The van der Waals surface area contributed by atoms with Crippen LogP contribution in [0.15, 0.2) is 78.5 Å². The van der Waals surface area contributed by atoms with E-state index in [0.717, 1.165) is 10.5 Å². The van der Waals surface area contributed by atoms with E-state index < -0.39 is 11.8 Å². The summed E-state index contributed by atoms with van der Waals surface area (Å²) < 4.78 is 0. The van der Waals surface area contributed by atoms with E-state index >= 15 is 0 Å². The van der Waals surface area contributed by atoms with Gasteiger partial charge in [-0.3, -0.25) is 14.4 Å². The number of halogens is 1. The number of hydrogen-bond acceptors (Lipinski definition) is 4. The Bertz CT molecular complexity index is 1230. The van der Waals surface area contributed by atoms with Gasteiger partial charge in [-0.25, -0.2) is 4.90 Å². The highest BCUT2D eigenvalue weighted by molar-refractivity contribution is 6.46. The molecular weight excluding hydrogens is 426 g/mol. The quantitative estimate of drug-likeness (QED) is 0.541. The van der Waals surface area contributed by atoms with Crippen LogP contribution in [0.25, 0.3) is 5.57 Å². The van der Waals surface area contributed by atoms with Gasteiger partial charge in [0.05, 0.1) is 11.3 Å². The minimum atomic E-state index is -0.459. The summed E-state index contributed by atoms with van der Waals surface area (Å²) in [6, 6.07) is 20.9. The smallest absolute Gasteiger partial charge is 0.282 e. The molecule has 4 rings (SSSR count). The van der Waals surface area contributed by atoms with Crippen LogP contribution < -0.4 is 15.5 Å². The molecule has 0 radical (unpaired) electrons. The summed E-state index contributed by atoms with van der Waals surface area (Å²) in [6.45, 7) is 3.38. The first-order valence-corrected chi connectivity index (χ1v) is 10.3. The summed E-state index contributed by atoms with van der Waals surface area (Å²) in [7, 11) is 0. The molecule has 3 amide bonds. The van der Waals surface area contributed by atoms with Crippen LogP contribution in [0.5, 0.6) is 0 Å². The van der Waals surface area contributed by atoms with Gasteiger partial charge in [0, 0.05) is 23.3 Å². The van der Waals surface area contributed by atoms with Crippen LogP contribution in [-0.2, 0) is 14.4 Å². The number of carbonyl (C=O) groups excluding carboxylic acids is 3. The first-order chi connectivity index (χ1) is 15.3. The molecule has 3 aromatic carbocycles. The fourth-order valence-electron chi connectivity index (χ4n) is 3.44. The summed E-state index contributed by atoms with van der Waals surface area (Å²) in [5, 5.41) is 6.31. The number of imide groups is 1. The molecular formula is C25H20ClN3O3. The van der Waals surface area contributed by atoms with Gasteiger partial charge >= 0.3 is 0 Å². The summed E-state index contributed by atoms with van der Waals surface area (Å²) in [6.07, 6.45) is 0. The Morgan fingerprint density at radius 3 is 2.00 bits per heavy atom. The summed E-state index contributed by atoms with van der Waals surface area (Å²) in [5.41, 5.74) is 3.83. The molecule has 0 fully saturated rings. The van der Waals surface area contributed by atoms with Gasteiger partial charge in [0.25, 0.3) is 11.8 Å². The average Bonchev–Trinajstić information content (AvgIpc) is 3.00. The van der Waals surface area contributed by atoms with E-state index in [-0.39, 0.29) is 17.2 Å². The maximum atomic E-state index is 13.4. The Morgan fingerprint density at radius 1 is 0.812 bits per heavy atom. The number of aryl methyl sites for hydroxylation is 1. The number of nitrogens with zero attached hydrogens (tertiary/aromatic N) is 1. The number of benzene rings is 3. The molecule has 0 spiro atoms. The first-order valence-electron chi connectivity index (χ1n) is 9.94. The molecule has 0 unspecified atom stereocenters. The van der Waals surface area contributed by atoms with Crippen LogP contribution >= 0.6 is 11.6 Å². The van der Waals surface area contributed by atoms with Crippen molar-refractivity contribution < 1.29 is 14.4 Å². The van der Waals surface area contributed by atoms with Crippen molar-refractivity contribution in [2.75, 3.05) is 15.5 Å². The number of hydrogen-bond donors (Lipinski definition) is 2. The number of nitrogens with one attached hydrogen (secondary N) is 2. The molecule has 0 saturated carbocycles. The molecule has 0 saturated heterocycles. The van der Waals surface area contributed by atoms with Crippen LogP contribution in [0.2, 0.25) is 5.02 Å². The maximum Gasteiger partial charge on any atom is 0.282 e. The highest BCUT2D eigenvalue weighted by atomic mass is 35.5. The molecule has 1 aliphatic rings.